The number of likely N-dealkylation sites (tertiary alicyclic amines) is 1. The van der Waals surface area contributed by atoms with Crippen molar-refractivity contribution in [2.75, 3.05) is 33.9 Å². The van der Waals surface area contributed by atoms with Gasteiger partial charge in [0.2, 0.25) is 0 Å². The maximum atomic E-state index is 12.3. The number of hydrogen-bond donors (Lipinski definition) is 1. The number of benzene rings is 1. The summed E-state index contributed by atoms with van der Waals surface area (Å²) in [4.78, 5) is 14.9. The van der Waals surface area contributed by atoms with E-state index in [0.29, 0.717) is 23.6 Å². The number of methoxy groups -OCH3 is 2. The third kappa shape index (κ3) is 5.13. The minimum Gasteiger partial charge on any atom is -0.497 e. The van der Waals surface area contributed by atoms with Crippen molar-refractivity contribution in [3.63, 3.8) is 0 Å². The largest absolute Gasteiger partial charge is 0.497 e. The van der Waals surface area contributed by atoms with Gasteiger partial charge < -0.3 is 19.7 Å². The number of nitrogens with zero attached hydrogens (tertiary/aromatic N) is 1. The number of carbonyl (C=O) groups is 1. The molecule has 1 N–H and O–H groups in total. The summed E-state index contributed by atoms with van der Waals surface area (Å²) in [6.45, 7) is 5.20. The fraction of sp³-hybridized carbons (Fsp3) is 0.632. The highest BCUT2D eigenvalue weighted by Crippen LogP contribution is 2.22. The monoisotopic (exact) mass is 334 g/mol. The van der Waals surface area contributed by atoms with E-state index in [0.717, 1.165) is 19.0 Å². The highest BCUT2D eigenvalue weighted by molar-refractivity contribution is 5.95. The summed E-state index contributed by atoms with van der Waals surface area (Å²) in [5, 5.41) is 3.00. The van der Waals surface area contributed by atoms with Gasteiger partial charge in [-0.2, -0.15) is 0 Å². The molecule has 5 nitrogen and oxygen atoms in total. The Morgan fingerprint density at radius 3 is 2.54 bits per heavy atom. The number of ether oxygens (including phenoxy) is 2. The average molecular weight is 334 g/mol. The molecule has 24 heavy (non-hydrogen) atoms. The zero-order chi connectivity index (χ0) is 17.4. The standard InChI is InChI=1S/C19H30N2O3/c1-4-16-8-5-6-10-21(16)11-7-9-20-19(22)15-12-17(23-2)14-18(13-15)24-3/h12-14,16H,4-11H2,1-3H3,(H,20,22). The van der Waals surface area contributed by atoms with Crippen molar-refractivity contribution in [1.29, 1.82) is 0 Å². The Bertz CT molecular complexity index is 511. The van der Waals surface area contributed by atoms with Crippen molar-refractivity contribution in [3.05, 3.63) is 23.8 Å². The van der Waals surface area contributed by atoms with Crippen LogP contribution in [0.2, 0.25) is 0 Å². The van der Waals surface area contributed by atoms with Gasteiger partial charge in [-0.15, -0.1) is 0 Å². The number of piperidine rings is 1. The maximum Gasteiger partial charge on any atom is 0.251 e. The molecule has 0 radical (unpaired) electrons. The van der Waals surface area contributed by atoms with Gasteiger partial charge in [0, 0.05) is 30.8 Å². The molecule has 0 saturated carbocycles. The second-order valence-electron chi connectivity index (χ2n) is 6.30. The second-order valence-corrected chi connectivity index (χ2v) is 6.30. The molecule has 2 rings (SSSR count). The van der Waals surface area contributed by atoms with Crippen LogP contribution in [0.5, 0.6) is 11.5 Å². The molecule has 1 atom stereocenters. The van der Waals surface area contributed by atoms with Crippen molar-refractivity contribution in [2.45, 2.75) is 45.1 Å². The molecule has 5 heteroatoms. The quantitative estimate of drug-likeness (QED) is 0.742. The maximum absolute atomic E-state index is 12.3. The van der Waals surface area contributed by atoms with Gasteiger partial charge in [0.25, 0.3) is 5.91 Å². The summed E-state index contributed by atoms with van der Waals surface area (Å²) < 4.78 is 10.4. The molecule has 0 aromatic heterocycles. The van der Waals surface area contributed by atoms with Crippen LogP contribution in [0.15, 0.2) is 18.2 Å². The lowest BCUT2D eigenvalue weighted by Gasteiger charge is -2.35. The van der Waals surface area contributed by atoms with Gasteiger partial charge in [-0.05, 0) is 44.4 Å². The molecular formula is C19H30N2O3. The number of nitrogens with one attached hydrogen (secondary N) is 1. The molecule has 1 aliphatic rings. The fourth-order valence-electron chi connectivity index (χ4n) is 3.34. The number of rotatable bonds is 8. The number of hydrogen-bond acceptors (Lipinski definition) is 4. The Hall–Kier alpha value is -1.75. The molecule has 1 saturated heterocycles. The van der Waals surface area contributed by atoms with Gasteiger partial charge >= 0.3 is 0 Å². The molecule has 0 spiro atoms. The zero-order valence-corrected chi connectivity index (χ0v) is 15.1. The van der Waals surface area contributed by atoms with Crippen LogP contribution in [0.4, 0.5) is 0 Å². The van der Waals surface area contributed by atoms with Crippen molar-refractivity contribution in [3.8, 4) is 11.5 Å². The van der Waals surface area contributed by atoms with Crippen LogP contribution in [0.25, 0.3) is 0 Å². The zero-order valence-electron chi connectivity index (χ0n) is 15.1. The van der Waals surface area contributed by atoms with Gasteiger partial charge in [0.1, 0.15) is 11.5 Å². The molecule has 134 valence electrons. The predicted molar refractivity (Wildman–Crippen MR) is 96.0 cm³/mol. The molecule has 1 aromatic rings. The Balaban J connectivity index is 1.80. The van der Waals surface area contributed by atoms with Gasteiger partial charge in [-0.1, -0.05) is 13.3 Å². The lowest BCUT2D eigenvalue weighted by Crippen LogP contribution is -2.40. The molecule has 1 amide bonds. The SMILES string of the molecule is CCC1CCCCN1CCCNC(=O)c1cc(OC)cc(OC)c1. The number of carbonyl (C=O) groups excluding carboxylic acids is 1. The fourth-order valence-corrected chi connectivity index (χ4v) is 3.34. The lowest BCUT2D eigenvalue weighted by atomic mass is 10.00. The first-order valence-electron chi connectivity index (χ1n) is 8.93. The van der Waals surface area contributed by atoms with Crippen LogP contribution >= 0.6 is 0 Å². The van der Waals surface area contributed by atoms with Gasteiger partial charge in [0.15, 0.2) is 0 Å². The van der Waals surface area contributed by atoms with Crippen LogP contribution in [-0.4, -0.2) is 50.7 Å². The topological polar surface area (TPSA) is 50.8 Å². The molecule has 1 aromatic carbocycles. The molecular weight excluding hydrogens is 304 g/mol. The van der Waals surface area contributed by atoms with Crippen LogP contribution < -0.4 is 14.8 Å². The third-order valence-corrected chi connectivity index (χ3v) is 4.74. The molecule has 0 bridgehead atoms. The summed E-state index contributed by atoms with van der Waals surface area (Å²) >= 11 is 0. The molecule has 1 heterocycles. The Labute approximate surface area is 145 Å². The van der Waals surface area contributed by atoms with Gasteiger partial charge in [-0.3, -0.25) is 4.79 Å². The van der Waals surface area contributed by atoms with E-state index < -0.39 is 0 Å². The summed E-state index contributed by atoms with van der Waals surface area (Å²) in [5.41, 5.74) is 0.565. The summed E-state index contributed by atoms with van der Waals surface area (Å²) in [6.07, 6.45) is 6.15. The third-order valence-electron chi connectivity index (χ3n) is 4.74. The summed E-state index contributed by atoms with van der Waals surface area (Å²) in [5.74, 6) is 1.16. The van der Waals surface area contributed by atoms with Crippen molar-refractivity contribution < 1.29 is 14.3 Å². The Kier molecular flexibility index (Phi) is 7.37. The van der Waals surface area contributed by atoms with E-state index in [4.69, 9.17) is 9.47 Å². The highest BCUT2D eigenvalue weighted by Gasteiger charge is 2.19. The highest BCUT2D eigenvalue weighted by atomic mass is 16.5. The van der Waals surface area contributed by atoms with Gasteiger partial charge in [-0.25, -0.2) is 0 Å². The molecule has 1 unspecified atom stereocenters. The van der Waals surface area contributed by atoms with Crippen LogP contribution in [0, 0.1) is 0 Å². The lowest BCUT2D eigenvalue weighted by molar-refractivity contribution is 0.0946. The van der Waals surface area contributed by atoms with E-state index in [9.17, 15) is 4.79 Å². The predicted octanol–water partition coefficient (Wildman–Crippen LogP) is 3.09. The minimum atomic E-state index is -0.0853. The second kappa shape index (κ2) is 9.52. The average Bonchev–Trinajstić information content (AvgIpc) is 2.64. The van der Waals surface area contributed by atoms with E-state index in [1.807, 2.05) is 0 Å². The minimum absolute atomic E-state index is 0.0853. The Morgan fingerprint density at radius 2 is 1.92 bits per heavy atom. The first-order chi connectivity index (χ1) is 11.7. The van der Waals surface area contributed by atoms with E-state index in [2.05, 4.69) is 17.1 Å². The van der Waals surface area contributed by atoms with Crippen molar-refractivity contribution in [1.82, 2.24) is 10.2 Å². The van der Waals surface area contributed by atoms with Crippen LogP contribution in [0.3, 0.4) is 0 Å². The first kappa shape index (κ1) is 18.6. The normalized spacial score (nSPS) is 18.2. The number of amides is 1. The smallest absolute Gasteiger partial charge is 0.251 e. The van der Waals surface area contributed by atoms with Crippen LogP contribution in [0.1, 0.15) is 49.4 Å². The van der Waals surface area contributed by atoms with Gasteiger partial charge in [0.05, 0.1) is 14.2 Å². The molecule has 1 aliphatic heterocycles. The van der Waals surface area contributed by atoms with E-state index in [-0.39, 0.29) is 5.91 Å². The first-order valence-corrected chi connectivity index (χ1v) is 8.93. The van der Waals surface area contributed by atoms with Crippen molar-refractivity contribution in [2.24, 2.45) is 0 Å². The van der Waals surface area contributed by atoms with E-state index >= 15 is 0 Å². The summed E-state index contributed by atoms with van der Waals surface area (Å²) in [7, 11) is 3.17. The molecule has 1 fully saturated rings. The summed E-state index contributed by atoms with van der Waals surface area (Å²) in [6, 6.07) is 5.94. The van der Waals surface area contributed by atoms with E-state index in [1.54, 1.807) is 32.4 Å². The molecule has 0 aliphatic carbocycles. The van der Waals surface area contributed by atoms with Crippen LogP contribution in [-0.2, 0) is 0 Å². The Morgan fingerprint density at radius 1 is 1.21 bits per heavy atom. The van der Waals surface area contributed by atoms with Crippen molar-refractivity contribution >= 4 is 5.91 Å². The van der Waals surface area contributed by atoms with E-state index in [1.165, 1.54) is 32.2 Å².